The molecule has 0 aliphatic heterocycles. The number of aromatic nitrogens is 8. The lowest BCUT2D eigenvalue weighted by atomic mass is 10.0. The van der Waals surface area contributed by atoms with Gasteiger partial charge in [-0.1, -0.05) is 309 Å². The molecule has 0 atom stereocenters. The van der Waals surface area contributed by atoms with Gasteiger partial charge in [-0.15, -0.1) is 0 Å². The van der Waals surface area contributed by atoms with Crippen LogP contribution in [-0.2, 0) is 0 Å². The predicted molar refractivity (Wildman–Crippen MR) is 439 cm³/mol. The van der Waals surface area contributed by atoms with E-state index in [4.69, 9.17) is 19.9 Å². The minimum Gasteiger partial charge on any atom is -0.309 e. The van der Waals surface area contributed by atoms with E-state index < -0.39 is 0 Å². The third kappa shape index (κ3) is 10.6. The van der Waals surface area contributed by atoms with Crippen molar-refractivity contribution in [1.82, 2.24) is 38.2 Å². The van der Waals surface area contributed by atoms with E-state index in [2.05, 4.69) is 388 Å². The van der Waals surface area contributed by atoms with Gasteiger partial charge >= 0.3 is 0 Å². The Morgan fingerprint density at radius 1 is 0.170 bits per heavy atom. The fourth-order valence-corrected chi connectivity index (χ4v) is 15.8. The molecule has 21 rings (SSSR count). The van der Waals surface area contributed by atoms with Gasteiger partial charge < -0.3 is 9.13 Å². The van der Waals surface area contributed by atoms with Gasteiger partial charge in [0.15, 0.2) is 11.6 Å². The maximum atomic E-state index is 5.39. The molecule has 0 radical (unpaired) electrons. The van der Waals surface area contributed by atoms with Crippen LogP contribution >= 0.6 is 0 Å². The van der Waals surface area contributed by atoms with Gasteiger partial charge in [0.05, 0.1) is 55.5 Å². The third-order valence-corrected chi connectivity index (χ3v) is 20.7. The normalized spacial score (nSPS) is 11.6. The second kappa shape index (κ2) is 25.9. The van der Waals surface area contributed by atoms with Crippen molar-refractivity contribution in [2.45, 2.75) is 0 Å². The summed E-state index contributed by atoms with van der Waals surface area (Å²) in [6.07, 6.45) is 0. The van der Waals surface area contributed by atoms with Crippen molar-refractivity contribution >= 4 is 87.2 Å². The zero-order valence-corrected chi connectivity index (χ0v) is 57.5. The molecule has 0 aliphatic carbocycles. The van der Waals surface area contributed by atoms with Gasteiger partial charge in [0.1, 0.15) is 11.6 Å². The largest absolute Gasteiger partial charge is 0.309 e. The molecule has 0 unspecified atom stereocenters. The zero-order valence-electron chi connectivity index (χ0n) is 57.5. The SMILES string of the molecule is c1ccc(-c2ccc(-c3cc(-n4c5ccccc5c5c4ccc4c6ccccc6n(-c6ccccc6)c45)nc(-c4ccc(-c5ccccc5)cc4)n3)cc2)cc1.c1ccc(-c2cccc(-c3nc(-c4ccccc4)cc(-n4c5ccccc5c5c4ccc4c6ccccc6n(-c6ccccc6)c45)n3)c2)cc1. The highest BCUT2D eigenvalue weighted by Crippen LogP contribution is 2.45. The van der Waals surface area contributed by atoms with E-state index in [9.17, 15) is 0 Å². The van der Waals surface area contributed by atoms with E-state index in [1.807, 2.05) is 18.2 Å². The summed E-state index contributed by atoms with van der Waals surface area (Å²) in [6, 6.07) is 137. The van der Waals surface area contributed by atoms with Crippen molar-refractivity contribution in [3.8, 4) is 102 Å². The number of benzene rings is 15. The van der Waals surface area contributed by atoms with E-state index in [1.54, 1.807) is 0 Å². The van der Waals surface area contributed by atoms with Crippen molar-refractivity contribution in [3.63, 3.8) is 0 Å². The van der Waals surface area contributed by atoms with Crippen LogP contribution in [0.15, 0.2) is 388 Å². The van der Waals surface area contributed by atoms with Crippen LogP contribution in [0, 0.1) is 0 Å². The van der Waals surface area contributed by atoms with Crippen LogP contribution in [0.4, 0.5) is 0 Å². The molecule has 0 fully saturated rings. The molecular weight excluding hydrogens is 1290 g/mol. The maximum absolute atomic E-state index is 5.39. The maximum Gasteiger partial charge on any atom is 0.162 e. The number of nitrogens with zero attached hydrogens (tertiary/aromatic N) is 8. The Kier molecular flexibility index (Phi) is 15.0. The van der Waals surface area contributed by atoms with Crippen LogP contribution in [0.3, 0.4) is 0 Å². The van der Waals surface area contributed by atoms with E-state index in [1.165, 1.54) is 81.8 Å². The standard InChI is InChI=1S/C52H34N4.C46H30N4/c1-4-14-35(15-5-1)37-24-28-39(29-25-37)45-34-49(54-52(53-45)40-30-26-38(27-31-40)36-16-6-2-7-17-36)56-47-23-13-11-21-44(47)50-48(56)33-32-43-42-20-10-12-22-46(42)55(51(43)50)41-18-8-3-9-19-41;1-4-15-31(16-5-1)33-19-14-20-34(29-33)46-47-39(32-17-6-2-7-18-32)30-43(48-46)50-41-26-13-11-24-38(41)44-42(50)28-27-37-36-23-10-12-25-40(36)49(45(37)44)35-21-8-3-9-22-35/h1-34H;1-30H. The van der Waals surface area contributed by atoms with Gasteiger partial charge in [-0.25, -0.2) is 19.9 Å². The van der Waals surface area contributed by atoms with Gasteiger partial charge in [-0.2, -0.15) is 0 Å². The summed E-state index contributed by atoms with van der Waals surface area (Å²) in [5.41, 5.74) is 24.1. The van der Waals surface area contributed by atoms with E-state index in [0.717, 1.165) is 95.4 Å². The molecule has 0 spiro atoms. The quantitative estimate of drug-likeness (QED) is 0.129. The molecule has 496 valence electrons. The summed E-state index contributed by atoms with van der Waals surface area (Å²) in [4.78, 5) is 21.2. The Labute approximate surface area is 611 Å². The van der Waals surface area contributed by atoms with Gasteiger partial charge in [0.2, 0.25) is 0 Å². The number of fused-ring (bicyclic) bond motifs is 14. The second-order valence-corrected chi connectivity index (χ2v) is 26.9. The second-order valence-electron chi connectivity index (χ2n) is 26.9. The molecule has 8 heteroatoms. The van der Waals surface area contributed by atoms with Crippen molar-refractivity contribution in [2.75, 3.05) is 0 Å². The summed E-state index contributed by atoms with van der Waals surface area (Å²) in [7, 11) is 0. The Bertz CT molecular complexity index is 6780. The van der Waals surface area contributed by atoms with Crippen LogP contribution in [0.25, 0.3) is 189 Å². The molecule has 6 heterocycles. The molecule has 6 aromatic heterocycles. The lowest BCUT2D eigenvalue weighted by Crippen LogP contribution is -2.02. The number of para-hydroxylation sites is 6. The monoisotopic (exact) mass is 1350 g/mol. The highest BCUT2D eigenvalue weighted by Gasteiger charge is 2.25. The minimum absolute atomic E-state index is 0.676. The van der Waals surface area contributed by atoms with E-state index in [0.29, 0.717) is 11.6 Å². The van der Waals surface area contributed by atoms with Crippen molar-refractivity contribution < 1.29 is 0 Å². The average Bonchev–Trinajstić information content (AvgIpc) is 1.55. The first-order chi connectivity index (χ1) is 52.6. The molecule has 106 heavy (non-hydrogen) atoms. The van der Waals surface area contributed by atoms with Crippen LogP contribution in [0.2, 0.25) is 0 Å². The Morgan fingerprint density at radius 2 is 0.472 bits per heavy atom. The molecule has 0 saturated heterocycles. The lowest BCUT2D eigenvalue weighted by Gasteiger charge is -2.13. The van der Waals surface area contributed by atoms with Crippen LogP contribution < -0.4 is 0 Å². The first-order valence-electron chi connectivity index (χ1n) is 35.9. The highest BCUT2D eigenvalue weighted by atomic mass is 15.1. The van der Waals surface area contributed by atoms with E-state index in [-0.39, 0.29) is 0 Å². The van der Waals surface area contributed by atoms with E-state index >= 15 is 0 Å². The lowest BCUT2D eigenvalue weighted by molar-refractivity contribution is 1.05. The number of rotatable bonds is 11. The highest BCUT2D eigenvalue weighted by molar-refractivity contribution is 6.27. The summed E-state index contributed by atoms with van der Waals surface area (Å²) in [5, 5.41) is 9.67. The molecule has 21 aromatic rings. The molecule has 8 nitrogen and oxygen atoms in total. The zero-order chi connectivity index (χ0) is 70.0. The molecular formula is C98H64N8. The first-order valence-corrected chi connectivity index (χ1v) is 35.9. The van der Waals surface area contributed by atoms with Crippen molar-refractivity contribution in [2.24, 2.45) is 0 Å². The molecule has 0 bridgehead atoms. The number of hydrogen-bond donors (Lipinski definition) is 0. The Balaban J connectivity index is 0.000000141. The smallest absolute Gasteiger partial charge is 0.162 e. The fraction of sp³-hybridized carbons (Fsp3) is 0. The van der Waals surface area contributed by atoms with Gasteiger partial charge in [0.25, 0.3) is 0 Å². The topological polar surface area (TPSA) is 71.3 Å². The summed E-state index contributed by atoms with van der Waals surface area (Å²) >= 11 is 0. The Morgan fingerprint density at radius 3 is 0.906 bits per heavy atom. The predicted octanol–water partition coefficient (Wildman–Crippen LogP) is 25.0. The average molecular weight is 1350 g/mol. The van der Waals surface area contributed by atoms with Crippen molar-refractivity contribution in [1.29, 1.82) is 0 Å². The van der Waals surface area contributed by atoms with Crippen LogP contribution in [-0.4, -0.2) is 38.2 Å². The molecule has 0 N–H and O–H groups in total. The van der Waals surface area contributed by atoms with Gasteiger partial charge in [-0.3, -0.25) is 9.13 Å². The van der Waals surface area contributed by atoms with Gasteiger partial charge in [-0.05, 0) is 100 Å². The van der Waals surface area contributed by atoms with Crippen LogP contribution in [0.5, 0.6) is 0 Å². The molecule has 15 aromatic carbocycles. The molecule has 0 amide bonds. The minimum atomic E-state index is 0.676. The van der Waals surface area contributed by atoms with Crippen molar-refractivity contribution in [3.05, 3.63) is 388 Å². The third-order valence-electron chi connectivity index (χ3n) is 20.7. The summed E-state index contributed by atoms with van der Waals surface area (Å²) < 4.78 is 9.47. The van der Waals surface area contributed by atoms with Gasteiger partial charge in [0, 0.05) is 88.9 Å². The summed E-state index contributed by atoms with van der Waals surface area (Å²) in [6.45, 7) is 0. The Hall–Kier alpha value is -14.3. The van der Waals surface area contributed by atoms with Crippen LogP contribution in [0.1, 0.15) is 0 Å². The summed E-state index contributed by atoms with van der Waals surface area (Å²) in [5.74, 6) is 3.00. The number of hydrogen-bond acceptors (Lipinski definition) is 4. The fourth-order valence-electron chi connectivity index (χ4n) is 15.8. The molecule has 0 aliphatic rings. The molecule has 0 saturated carbocycles. The first kappa shape index (κ1) is 61.5.